The second kappa shape index (κ2) is 7.05. The predicted octanol–water partition coefficient (Wildman–Crippen LogP) is 3.03. The van der Waals surface area contributed by atoms with E-state index in [1.54, 1.807) is 6.33 Å². The first-order chi connectivity index (χ1) is 11.8. The summed E-state index contributed by atoms with van der Waals surface area (Å²) in [7, 11) is 0. The molecule has 1 aliphatic carbocycles. The molecule has 4 rings (SSSR count). The quantitative estimate of drug-likeness (QED) is 0.863. The summed E-state index contributed by atoms with van der Waals surface area (Å²) < 4.78 is 5.70. The van der Waals surface area contributed by atoms with Crippen LogP contribution >= 0.6 is 0 Å². The number of aromatic nitrogens is 3. The minimum Gasteiger partial charge on any atom is -0.422 e. The third-order valence-electron chi connectivity index (χ3n) is 5.44. The van der Waals surface area contributed by atoms with Crippen molar-refractivity contribution in [2.45, 2.75) is 57.9 Å². The molecule has 1 saturated heterocycles. The molecule has 0 atom stereocenters. The Hall–Kier alpha value is -1.69. The van der Waals surface area contributed by atoms with Crippen LogP contribution in [-0.2, 0) is 6.42 Å². The summed E-state index contributed by atoms with van der Waals surface area (Å²) in [5.41, 5.74) is 1.44. The number of rotatable bonds is 3. The Morgan fingerprint density at radius 3 is 2.75 bits per heavy atom. The van der Waals surface area contributed by atoms with Gasteiger partial charge in [0.15, 0.2) is 17.2 Å². The van der Waals surface area contributed by atoms with Gasteiger partial charge in [0, 0.05) is 38.6 Å². The minimum atomic E-state index is 0.616. The van der Waals surface area contributed by atoms with Crippen LogP contribution in [0.2, 0.25) is 0 Å². The van der Waals surface area contributed by atoms with Crippen molar-refractivity contribution in [3.8, 4) is 0 Å². The van der Waals surface area contributed by atoms with E-state index in [0.29, 0.717) is 5.71 Å². The average molecular weight is 329 g/mol. The minimum absolute atomic E-state index is 0.616. The van der Waals surface area contributed by atoms with Crippen LogP contribution in [-0.4, -0.2) is 52.1 Å². The van der Waals surface area contributed by atoms with Gasteiger partial charge in [0.2, 0.25) is 0 Å². The summed E-state index contributed by atoms with van der Waals surface area (Å²) in [4.78, 5) is 18.4. The van der Waals surface area contributed by atoms with Crippen molar-refractivity contribution in [3.05, 3.63) is 12.2 Å². The van der Waals surface area contributed by atoms with E-state index in [1.807, 2.05) is 6.92 Å². The average Bonchev–Trinajstić information content (AvgIpc) is 2.91. The lowest BCUT2D eigenvalue weighted by Gasteiger charge is -2.33. The Labute approximate surface area is 143 Å². The van der Waals surface area contributed by atoms with E-state index in [0.717, 1.165) is 49.3 Å². The Balaban J connectivity index is 1.51. The van der Waals surface area contributed by atoms with Crippen molar-refractivity contribution >= 4 is 17.0 Å². The lowest BCUT2D eigenvalue weighted by molar-refractivity contribution is 0.166. The van der Waals surface area contributed by atoms with E-state index in [2.05, 4.69) is 24.8 Å². The van der Waals surface area contributed by atoms with Gasteiger partial charge in [0.05, 0.1) is 0 Å². The highest BCUT2D eigenvalue weighted by atomic mass is 16.4. The van der Waals surface area contributed by atoms with E-state index in [9.17, 15) is 0 Å². The fourth-order valence-electron chi connectivity index (χ4n) is 4.13. The number of anilines is 1. The molecule has 6 heteroatoms. The van der Waals surface area contributed by atoms with Crippen LogP contribution in [0.25, 0.3) is 11.2 Å². The highest BCUT2D eigenvalue weighted by molar-refractivity contribution is 5.81. The van der Waals surface area contributed by atoms with Crippen LogP contribution in [0.5, 0.6) is 0 Å². The van der Waals surface area contributed by atoms with E-state index >= 15 is 0 Å². The molecular formula is C18H27N5O. The maximum absolute atomic E-state index is 5.70. The Bertz CT molecular complexity index is 679. The smallest absolute Gasteiger partial charge is 0.252 e. The lowest BCUT2D eigenvalue weighted by Crippen LogP contribution is -2.39. The molecule has 1 aliphatic heterocycles. The van der Waals surface area contributed by atoms with Crippen molar-refractivity contribution in [3.63, 3.8) is 0 Å². The molecule has 6 nitrogen and oxygen atoms in total. The topological polar surface area (TPSA) is 58.3 Å². The molecule has 0 N–H and O–H groups in total. The zero-order valence-electron chi connectivity index (χ0n) is 14.6. The number of oxazole rings is 1. The normalized spacial score (nSPS) is 21.3. The third kappa shape index (κ3) is 3.11. The molecule has 2 aliphatic rings. The molecule has 0 spiro atoms. The number of nitrogens with zero attached hydrogens (tertiary/aromatic N) is 5. The van der Waals surface area contributed by atoms with Gasteiger partial charge in [-0.15, -0.1) is 0 Å². The van der Waals surface area contributed by atoms with Gasteiger partial charge in [0.1, 0.15) is 6.33 Å². The van der Waals surface area contributed by atoms with Gasteiger partial charge in [-0.2, -0.15) is 4.98 Å². The molecule has 1 saturated carbocycles. The first kappa shape index (κ1) is 15.8. The first-order valence-corrected chi connectivity index (χ1v) is 9.44. The monoisotopic (exact) mass is 329 g/mol. The van der Waals surface area contributed by atoms with Crippen molar-refractivity contribution in [1.82, 2.24) is 19.9 Å². The highest BCUT2D eigenvalue weighted by Crippen LogP contribution is 2.27. The summed E-state index contributed by atoms with van der Waals surface area (Å²) in [6, 6.07) is 0.794. The summed E-state index contributed by atoms with van der Waals surface area (Å²) in [5, 5.41) is 0. The van der Waals surface area contributed by atoms with Crippen molar-refractivity contribution < 1.29 is 4.42 Å². The summed E-state index contributed by atoms with van der Waals surface area (Å²) in [6.07, 6.45) is 10.5. The molecule has 0 bridgehead atoms. The van der Waals surface area contributed by atoms with Gasteiger partial charge in [-0.3, -0.25) is 4.90 Å². The molecule has 2 aromatic heterocycles. The standard InChI is InChI=1S/C18H27N5O/c1-2-15-21-16-17(19-13-20-18(16)24-15)23-10-6-9-22(11-12-23)14-7-4-3-5-8-14/h13-14H,2-12H2,1H3. The van der Waals surface area contributed by atoms with Crippen LogP contribution in [0.1, 0.15) is 51.3 Å². The Morgan fingerprint density at radius 2 is 1.92 bits per heavy atom. The number of aryl methyl sites for hydroxylation is 1. The zero-order valence-corrected chi connectivity index (χ0v) is 14.6. The van der Waals surface area contributed by atoms with E-state index in [1.165, 1.54) is 45.1 Å². The molecule has 130 valence electrons. The Kier molecular flexibility index (Phi) is 4.65. The van der Waals surface area contributed by atoms with Crippen molar-refractivity contribution in [2.75, 3.05) is 31.1 Å². The van der Waals surface area contributed by atoms with Gasteiger partial charge in [-0.25, -0.2) is 9.97 Å². The molecule has 0 unspecified atom stereocenters. The first-order valence-electron chi connectivity index (χ1n) is 9.44. The van der Waals surface area contributed by atoms with Gasteiger partial charge >= 0.3 is 0 Å². The molecule has 24 heavy (non-hydrogen) atoms. The SMILES string of the molecule is CCc1nc2c(N3CCCN(C4CCCCC4)CC3)ncnc2o1. The van der Waals surface area contributed by atoms with Crippen molar-refractivity contribution in [1.29, 1.82) is 0 Å². The molecule has 2 aromatic rings. The molecular weight excluding hydrogens is 302 g/mol. The van der Waals surface area contributed by atoms with Gasteiger partial charge < -0.3 is 9.32 Å². The molecule has 0 aromatic carbocycles. The van der Waals surface area contributed by atoms with E-state index in [4.69, 9.17) is 4.42 Å². The van der Waals surface area contributed by atoms with Crippen LogP contribution in [0.4, 0.5) is 5.82 Å². The molecule has 0 radical (unpaired) electrons. The van der Waals surface area contributed by atoms with E-state index < -0.39 is 0 Å². The lowest BCUT2D eigenvalue weighted by atomic mass is 9.94. The third-order valence-corrected chi connectivity index (χ3v) is 5.44. The zero-order chi connectivity index (χ0) is 16.4. The second-order valence-electron chi connectivity index (χ2n) is 6.98. The number of hydrogen-bond acceptors (Lipinski definition) is 6. The Morgan fingerprint density at radius 1 is 1.04 bits per heavy atom. The van der Waals surface area contributed by atoms with Crippen LogP contribution in [0.3, 0.4) is 0 Å². The molecule has 2 fully saturated rings. The van der Waals surface area contributed by atoms with E-state index in [-0.39, 0.29) is 0 Å². The number of hydrogen-bond donors (Lipinski definition) is 0. The summed E-state index contributed by atoms with van der Waals surface area (Å²) in [5.74, 6) is 1.68. The summed E-state index contributed by atoms with van der Waals surface area (Å²) >= 11 is 0. The maximum atomic E-state index is 5.70. The van der Waals surface area contributed by atoms with Gasteiger partial charge in [0.25, 0.3) is 5.71 Å². The maximum Gasteiger partial charge on any atom is 0.252 e. The molecule has 3 heterocycles. The van der Waals surface area contributed by atoms with Crippen LogP contribution in [0, 0.1) is 0 Å². The molecule has 0 amide bonds. The fraction of sp³-hybridized carbons (Fsp3) is 0.722. The highest BCUT2D eigenvalue weighted by Gasteiger charge is 2.25. The van der Waals surface area contributed by atoms with Gasteiger partial charge in [-0.05, 0) is 19.3 Å². The summed E-state index contributed by atoms with van der Waals surface area (Å²) in [6.45, 7) is 6.41. The van der Waals surface area contributed by atoms with Crippen LogP contribution in [0.15, 0.2) is 10.7 Å². The second-order valence-corrected chi connectivity index (χ2v) is 6.98. The fourth-order valence-corrected chi connectivity index (χ4v) is 4.13. The van der Waals surface area contributed by atoms with Crippen molar-refractivity contribution in [2.24, 2.45) is 0 Å². The van der Waals surface area contributed by atoms with Gasteiger partial charge in [-0.1, -0.05) is 26.2 Å². The largest absolute Gasteiger partial charge is 0.422 e. The van der Waals surface area contributed by atoms with Crippen LogP contribution < -0.4 is 4.90 Å². The predicted molar refractivity (Wildman–Crippen MR) is 94.3 cm³/mol. The number of fused-ring (bicyclic) bond motifs is 1.